The minimum Gasteiger partial charge on any atom is -0.480 e. The molecule has 2 unspecified atom stereocenters. The number of carboxylic acids is 1. The number of hydrogen-bond donors (Lipinski definition) is 2. The van der Waals surface area contributed by atoms with Gasteiger partial charge in [-0.1, -0.05) is 29.8 Å². The fourth-order valence-corrected chi connectivity index (χ4v) is 2.28. The Bertz CT molecular complexity index is 407. The van der Waals surface area contributed by atoms with Crippen LogP contribution in [0.3, 0.4) is 0 Å². The van der Waals surface area contributed by atoms with E-state index in [1.54, 1.807) is 13.1 Å². The average Bonchev–Trinajstić information content (AvgIpc) is 2.94. The highest BCUT2D eigenvalue weighted by Crippen LogP contribution is 2.52. The van der Waals surface area contributed by atoms with E-state index in [9.17, 15) is 4.79 Å². The zero-order valence-electron chi connectivity index (χ0n) is 8.33. The lowest BCUT2D eigenvalue weighted by atomic mass is 10.1. The summed E-state index contributed by atoms with van der Waals surface area (Å²) in [7, 11) is 1.67. The van der Waals surface area contributed by atoms with Gasteiger partial charge in [-0.05, 0) is 25.1 Å². The fraction of sp³-hybridized carbons (Fsp3) is 0.364. The van der Waals surface area contributed by atoms with Crippen LogP contribution >= 0.6 is 11.6 Å². The van der Waals surface area contributed by atoms with Crippen LogP contribution in [0.15, 0.2) is 24.3 Å². The van der Waals surface area contributed by atoms with Gasteiger partial charge >= 0.3 is 5.97 Å². The smallest absolute Gasteiger partial charge is 0.324 e. The summed E-state index contributed by atoms with van der Waals surface area (Å²) in [6.45, 7) is 0. The van der Waals surface area contributed by atoms with Crippen molar-refractivity contribution in [1.29, 1.82) is 0 Å². The molecule has 4 heteroatoms. The van der Waals surface area contributed by atoms with Crippen molar-refractivity contribution in [2.75, 3.05) is 7.05 Å². The molecule has 3 nitrogen and oxygen atoms in total. The maximum Gasteiger partial charge on any atom is 0.324 e. The number of aliphatic carboxylic acids is 1. The molecule has 0 saturated heterocycles. The molecular formula is C11H12ClNO2. The first-order valence-corrected chi connectivity index (χ1v) is 5.16. The van der Waals surface area contributed by atoms with Crippen molar-refractivity contribution in [2.24, 2.45) is 0 Å². The molecule has 1 aromatic carbocycles. The van der Waals surface area contributed by atoms with Crippen molar-refractivity contribution in [3.8, 4) is 0 Å². The number of carboxylic acid groups (broad SMARTS) is 1. The summed E-state index contributed by atoms with van der Waals surface area (Å²) in [4.78, 5) is 11.1. The molecule has 2 N–H and O–H groups in total. The largest absolute Gasteiger partial charge is 0.480 e. The second-order valence-electron chi connectivity index (χ2n) is 3.80. The van der Waals surface area contributed by atoms with E-state index in [-0.39, 0.29) is 5.92 Å². The number of nitrogens with one attached hydrogen (secondary N) is 1. The highest BCUT2D eigenvalue weighted by atomic mass is 35.5. The third kappa shape index (κ3) is 1.52. The first-order valence-electron chi connectivity index (χ1n) is 4.78. The zero-order valence-corrected chi connectivity index (χ0v) is 9.08. The van der Waals surface area contributed by atoms with Crippen molar-refractivity contribution in [3.63, 3.8) is 0 Å². The predicted molar refractivity (Wildman–Crippen MR) is 58.2 cm³/mol. The van der Waals surface area contributed by atoms with Gasteiger partial charge < -0.3 is 10.4 Å². The Morgan fingerprint density at radius 2 is 2.27 bits per heavy atom. The highest BCUT2D eigenvalue weighted by molar-refractivity contribution is 6.31. The number of benzene rings is 1. The third-order valence-corrected chi connectivity index (χ3v) is 3.41. The quantitative estimate of drug-likeness (QED) is 0.826. The summed E-state index contributed by atoms with van der Waals surface area (Å²) in [6, 6.07) is 7.39. The fourth-order valence-electron chi connectivity index (χ4n) is 2.02. The molecule has 0 bridgehead atoms. The summed E-state index contributed by atoms with van der Waals surface area (Å²) < 4.78 is 0. The number of hydrogen-bond acceptors (Lipinski definition) is 2. The van der Waals surface area contributed by atoms with Crippen LogP contribution in [0.1, 0.15) is 17.9 Å². The van der Waals surface area contributed by atoms with Crippen LogP contribution < -0.4 is 5.32 Å². The lowest BCUT2D eigenvalue weighted by Crippen LogP contribution is -2.38. The van der Waals surface area contributed by atoms with E-state index in [0.717, 1.165) is 5.56 Å². The molecule has 1 aromatic rings. The van der Waals surface area contributed by atoms with Gasteiger partial charge in [-0.25, -0.2) is 0 Å². The van der Waals surface area contributed by atoms with Gasteiger partial charge in [0.25, 0.3) is 0 Å². The number of rotatable bonds is 3. The summed E-state index contributed by atoms with van der Waals surface area (Å²) in [6.07, 6.45) is 0.600. The number of likely N-dealkylation sites (N-methyl/N-ethyl adjacent to an activating group) is 1. The molecule has 0 amide bonds. The molecule has 0 heterocycles. The van der Waals surface area contributed by atoms with Gasteiger partial charge in [-0.15, -0.1) is 0 Å². The normalized spacial score (nSPS) is 28.8. The molecule has 2 rings (SSSR count). The molecule has 0 aliphatic heterocycles. The first-order chi connectivity index (χ1) is 7.12. The summed E-state index contributed by atoms with van der Waals surface area (Å²) in [5.41, 5.74) is 0.0984. The highest BCUT2D eigenvalue weighted by Gasteiger charge is 2.60. The van der Waals surface area contributed by atoms with Gasteiger partial charge in [0.15, 0.2) is 0 Å². The molecule has 0 radical (unpaired) electrons. The van der Waals surface area contributed by atoms with Crippen LogP contribution in [0.4, 0.5) is 0 Å². The van der Waals surface area contributed by atoms with Gasteiger partial charge in [0.2, 0.25) is 0 Å². The monoisotopic (exact) mass is 225 g/mol. The molecule has 2 atom stereocenters. The van der Waals surface area contributed by atoms with E-state index in [2.05, 4.69) is 5.32 Å². The van der Waals surface area contributed by atoms with Crippen LogP contribution in [0, 0.1) is 0 Å². The minimum atomic E-state index is -0.814. The molecule has 0 aromatic heterocycles. The Labute approximate surface area is 93.1 Å². The van der Waals surface area contributed by atoms with E-state index >= 15 is 0 Å². The van der Waals surface area contributed by atoms with Crippen LogP contribution in [0.2, 0.25) is 5.02 Å². The van der Waals surface area contributed by atoms with Crippen molar-refractivity contribution in [1.82, 2.24) is 5.32 Å². The van der Waals surface area contributed by atoms with Crippen LogP contribution in [0.5, 0.6) is 0 Å². The predicted octanol–water partition coefficient (Wildman–Crippen LogP) is 1.87. The SMILES string of the molecule is CNC1(C(=O)O)CC1c1ccccc1Cl. The minimum absolute atomic E-state index is 0.0197. The number of carbonyl (C=O) groups is 1. The lowest BCUT2D eigenvalue weighted by Gasteiger charge is -2.11. The summed E-state index contributed by atoms with van der Waals surface area (Å²) in [5, 5.41) is 12.6. The Morgan fingerprint density at radius 1 is 1.60 bits per heavy atom. The Hall–Kier alpha value is -1.06. The van der Waals surface area contributed by atoms with Crippen LogP contribution in [-0.2, 0) is 4.79 Å². The molecule has 80 valence electrons. The van der Waals surface area contributed by atoms with E-state index in [1.807, 2.05) is 18.2 Å². The molecule has 1 fully saturated rings. The molecule has 0 spiro atoms. The molecule has 1 aliphatic carbocycles. The summed E-state index contributed by atoms with van der Waals surface area (Å²) in [5.74, 6) is -0.830. The van der Waals surface area contributed by atoms with E-state index in [0.29, 0.717) is 11.4 Å². The van der Waals surface area contributed by atoms with Gasteiger partial charge in [0, 0.05) is 10.9 Å². The Balaban J connectivity index is 2.30. The average molecular weight is 226 g/mol. The second-order valence-corrected chi connectivity index (χ2v) is 4.21. The Morgan fingerprint density at radius 3 is 2.73 bits per heavy atom. The Kier molecular flexibility index (Phi) is 2.44. The standard InChI is InChI=1S/C11H12ClNO2/c1-13-11(10(14)15)6-8(11)7-4-2-3-5-9(7)12/h2-5,8,13H,6H2,1H3,(H,14,15). The topological polar surface area (TPSA) is 49.3 Å². The van der Waals surface area contributed by atoms with Crippen molar-refractivity contribution in [3.05, 3.63) is 34.9 Å². The molecule has 1 aliphatic rings. The van der Waals surface area contributed by atoms with Crippen molar-refractivity contribution >= 4 is 17.6 Å². The first kappa shape index (κ1) is 10.5. The maximum absolute atomic E-state index is 11.1. The summed E-state index contributed by atoms with van der Waals surface area (Å²) >= 11 is 6.03. The second kappa shape index (κ2) is 3.51. The van der Waals surface area contributed by atoms with Gasteiger partial charge in [-0.2, -0.15) is 0 Å². The van der Waals surface area contributed by atoms with Gasteiger partial charge in [0.05, 0.1) is 0 Å². The molecule has 15 heavy (non-hydrogen) atoms. The van der Waals surface area contributed by atoms with Crippen LogP contribution in [-0.4, -0.2) is 23.7 Å². The number of halogens is 1. The van der Waals surface area contributed by atoms with E-state index in [4.69, 9.17) is 16.7 Å². The van der Waals surface area contributed by atoms with Crippen LogP contribution in [0.25, 0.3) is 0 Å². The molecular weight excluding hydrogens is 214 g/mol. The lowest BCUT2D eigenvalue weighted by molar-refractivity contribution is -0.140. The van der Waals surface area contributed by atoms with Gasteiger partial charge in [-0.3, -0.25) is 4.79 Å². The molecule has 1 saturated carbocycles. The van der Waals surface area contributed by atoms with Crippen molar-refractivity contribution < 1.29 is 9.90 Å². The third-order valence-electron chi connectivity index (χ3n) is 3.07. The van der Waals surface area contributed by atoms with Crippen molar-refractivity contribution in [2.45, 2.75) is 17.9 Å². The van der Waals surface area contributed by atoms with E-state index < -0.39 is 11.5 Å². The zero-order chi connectivity index (χ0) is 11.1. The van der Waals surface area contributed by atoms with Gasteiger partial charge in [0.1, 0.15) is 5.54 Å². The maximum atomic E-state index is 11.1. The van der Waals surface area contributed by atoms with E-state index in [1.165, 1.54) is 0 Å².